The third-order valence-electron chi connectivity index (χ3n) is 3.82. The zero-order chi connectivity index (χ0) is 14.2. The molecule has 1 fully saturated rings. The maximum Gasteiger partial charge on any atom is 0.0494 e. The van der Waals surface area contributed by atoms with E-state index in [4.69, 9.17) is 4.74 Å². The van der Waals surface area contributed by atoms with Crippen LogP contribution in [0.1, 0.15) is 51.1 Å². The third kappa shape index (κ3) is 6.06. The van der Waals surface area contributed by atoms with E-state index < -0.39 is 0 Å². The van der Waals surface area contributed by atoms with E-state index >= 15 is 0 Å². The van der Waals surface area contributed by atoms with Crippen LogP contribution in [-0.2, 0) is 4.74 Å². The molecule has 2 nitrogen and oxygen atoms in total. The smallest absolute Gasteiger partial charge is 0.0494 e. The van der Waals surface area contributed by atoms with Gasteiger partial charge in [0.2, 0.25) is 0 Å². The highest BCUT2D eigenvalue weighted by molar-refractivity contribution is 5.18. The van der Waals surface area contributed by atoms with Crippen LogP contribution in [0.3, 0.4) is 0 Å². The standard InChI is InChI=1S/C18H29NO/c1-15(2)13-18(17-7-4-3-5-8-17)19-11-6-12-20-14-16-9-10-16/h3-5,7-8,15-16,18-19H,6,9-14H2,1-2H3. The predicted octanol–water partition coefficient (Wildman–Crippen LogP) is 4.18. The second-order valence-electron chi connectivity index (χ2n) is 6.42. The fraction of sp³-hybridized carbons (Fsp3) is 0.667. The van der Waals surface area contributed by atoms with Gasteiger partial charge in [0.1, 0.15) is 0 Å². The van der Waals surface area contributed by atoms with E-state index in [0.29, 0.717) is 12.0 Å². The van der Waals surface area contributed by atoms with Gasteiger partial charge >= 0.3 is 0 Å². The van der Waals surface area contributed by atoms with Crippen LogP contribution in [0.4, 0.5) is 0 Å². The molecule has 1 aliphatic carbocycles. The van der Waals surface area contributed by atoms with Crippen LogP contribution in [0, 0.1) is 11.8 Å². The molecule has 20 heavy (non-hydrogen) atoms. The van der Waals surface area contributed by atoms with E-state index in [9.17, 15) is 0 Å². The van der Waals surface area contributed by atoms with Crippen LogP contribution in [-0.4, -0.2) is 19.8 Å². The highest BCUT2D eigenvalue weighted by Gasteiger charge is 2.20. The van der Waals surface area contributed by atoms with Crippen molar-refractivity contribution in [2.75, 3.05) is 19.8 Å². The summed E-state index contributed by atoms with van der Waals surface area (Å²) in [5.41, 5.74) is 1.40. The molecule has 0 radical (unpaired) electrons. The molecule has 1 aromatic rings. The molecule has 0 aromatic heterocycles. The van der Waals surface area contributed by atoms with Crippen LogP contribution >= 0.6 is 0 Å². The summed E-state index contributed by atoms with van der Waals surface area (Å²) in [7, 11) is 0. The normalized spacial score (nSPS) is 16.6. The summed E-state index contributed by atoms with van der Waals surface area (Å²) in [5, 5.41) is 3.69. The molecule has 1 N–H and O–H groups in total. The fourth-order valence-electron chi connectivity index (χ4n) is 2.48. The first-order chi connectivity index (χ1) is 9.75. The molecule has 2 rings (SSSR count). The molecule has 1 aliphatic rings. The summed E-state index contributed by atoms with van der Waals surface area (Å²) in [4.78, 5) is 0. The Morgan fingerprint density at radius 2 is 1.95 bits per heavy atom. The number of rotatable bonds is 10. The molecule has 0 aliphatic heterocycles. The lowest BCUT2D eigenvalue weighted by Crippen LogP contribution is -2.24. The molecule has 1 unspecified atom stereocenters. The SMILES string of the molecule is CC(C)CC(NCCCOCC1CC1)c1ccccc1. The Balaban J connectivity index is 1.67. The van der Waals surface area contributed by atoms with Crippen molar-refractivity contribution >= 4 is 0 Å². The average Bonchev–Trinajstić information content (AvgIpc) is 3.26. The topological polar surface area (TPSA) is 21.3 Å². The van der Waals surface area contributed by atoms with Crippen molar-refractivity contribution in [1.29, 1.82) is 0 Å². The Morgan fingerprint density at radius 1 is 1.20 bits per heavy atom. The molecule has 0 spiro atoms. The van der Waals surface area contributed by atoms with Gasteiger partial charge in [-0.05, 0) is 49.6 Å². The van der Waals surface area contributed by atoms with E-state index in [1.807, 2.05) is 0 Å². The average molecular weight is 275 g/mol. The van der Waals surface area contributed by atoms with Crippen molar-refractivity contribution in [1.82, 2.24) is 5.32 Å². The molecule has 0 saturated heterocycles. The maximum atomic E-state index is 5.69. The van der Waals surface area contributed by atoms with Crippen LogP contribution in [0.2, 0.25) is 0 Å². The summed E-state index contributed by atoms with van der Waals surface area (Å²) < 4.78 is 5.69. The van der Waals surface area contributed by atoms with Crippen molar-refractivity contribution in [2.24, 2.45) is 11.8 Å². The number of nitrogens with one attached hydrogen (secondary N) is 1. The molecule has 0 bridgehead atoms. The van der Waals surface area contributed by atoms with Gasteiger partial charge in [0.15, 0.2) is 0 Å². The van der Waals surface area contributed by atoms with Crippen molar-refractivity contribution < 1.29 is 4.74 Å². The minimum atomic E-state index is 0.472. The maximum absolute atomic E-state index is 5.69. The highest BCUT2D eigenvalue weighted by Crippen LogP contribution is 2.28. The third-order valence-corrected chi connectivity index (χ3v) is 3.82. The van der Waals surface area contributed by atoms with Crippen LogP contribution in [0.5, 0.6) is 0 Å². The quantitative estimate of drug-likeness (QED) is 0.647. The van der Waals surface area contributed by atoms with Crippen molar-refractivity contribution in [3.05, 3.63) is 35.9 Å². The lowest BCUT2D eigenvalue weighted by molar-refractivity contribution is 0.121. The van der Waals surface area contributed by atoms with E-state index in [0.717, 1.165) is 32.1 Å². The number of ether oxygens (including phenoxy) is 1. The highest BCUT2D eigenvalue weighted by atomic mass is 16.5. The van der Waals surface area contributed by atoms with Crippen molar-refractivity contribution in [3.8, 4) is 0 Å². The van der Waals surface area contributed by atoms with E-state index in [2.05, 4.69) is 49.5 Å². The Morgan fingerprint density at radius 3 is 2.60 bits per heavy atom. The Hall–Kier alpha value is -0.860. The van der Waals surface area contributed by atoms with Crippen LogP contribution in [0.15, 0.2) is 30.3 Å². The summed E-state index contributed by atoms with van der Waals surface area (Å²) in [5.74, 6) is 1.58. The summed E-state index contributed by atoms with van der Waals surface area (Å²) >= 11 is 0. The molecule has 0 heterocycles. The van der Waals surface area contributed by atoms with Gasteiger partial charge in [-0.2, -0.15) is 0 Å². The molecule has 0 amide bonds. The first kappa shape index (κ1) is 15.5. The Bertz CT molecular complexity index is 359. The van der Waals surface area contributed by atoms with Crippen molar-refractivity contribution in [2.45, 2.75) is 45.6 Å². The van der Waals surface area contributed by atoms with Gasteiger partial charge in [0, 0.05) is 19.3 Å². The Labute approximate surface area is 123 Å². The van der Waals surface area contributed by atoms with Gasteiger partial charge < -0.3 is 10.1 Å². The van der Waals surface area contributed by atoms with E-state index in [1.165, 1.54) is 24.8 Å². The lowest BCUT2D eigenvalue weighted by atomic mass is 9.97. The second-order valence-corrected chi connectivity index (χ2v) is 6.42. The van der Waals surface area contributed by atoms with Crippen molar-refractivity contribution in [3.63, 3.8) is 0 Å². The van der Waals surface area contributed by atoms with E-state index in [-0.39, 0.29) is 0 Å². The van der Waals surface area contributed by atoms with Gasteiger partial charge in [-0.15, -0.1) is 0 Å². The predicted molar refractivity (Wildman–Crippen MR) is 84.8 cm³/mol. The molecule has 1 atom stereocenters. The summed E-state index contributed by atoms with van der Waals surface area (Å²) in [6.45, 7) is 7.49. The molecule has 1 saturated carbocycles. The molecular weight excluding hydrogens is 246 g/mol. The molecule has 1 aromatic carbocycles. The minimum absolute atomic E-state index is 0.472. The van der Waals surface area contributed by atoms with Gasteiger partial charge in [-0.25, -0.2) is 0 Å². The minimum Gasteiger partial charge on any atom is -0.381 e. The number of benzene rings is 1. The van der Waals surface area contributed by atoms with Gasteiger partial charge in [-0.3, -0.25) is 0 Å². The Kier molecular flexibility index (Phi) is 6.55. The molecule has 2 heteroatoms. The fourth-order valence-corrected chi connectivity index (χ4v) is 2.48. The molecular formula is C18H29NO. The van der Waals surface area contributed by atoms with Crippen LogP contribution < -0.4 is 5.32 Å². The first-order valence-electron chi connectivity index (χ1n) is 8.11. The monoisotopic (exact) mass is 275 g/mol. The molecule has 112 valence electrons. The number of hydrogen-bond donors (Lipinski definition) is 1. The van der Waals surface area contributed by atoms with Gasteiger partial charge in [0.25, 0.3) is 0 Å². The van der Waals surface area contributed by atoms with E-state index in [1.54, 1.807) is 0 Å². The zero-order valence-corrected chi connectivity index (χ0v) is 13.0. The summed E-state index contributed by atoms with van der Waals surface area (Å²) in [6, 6.07) is 11.3. The largest absolute Gasteiger partial charge is 0.381 e. The van der Waals surface area contributed by atoms with Gasteiger partial charge in [0.05, 0.1) is 0 Å². The lowest BCUT2D eigenvalue weighted by Gasteiger charge is -2.21. The van der Waals surface area contributed by atoms with Crippen LogP contribution in [0.25, 0.3) is 0 Å². The van der Waals surface area contributed by atoms with Gasteiger partial charge in [-0.1, -0.05) is 44.2 Å². The zero-order valence-electron chi connectivity index (χ0n) is 13.0. The first-order valence-corrected chi connectivity index (χ1v) is 8.11. The summed E-state index contributed by atoms with van der Waals surface area (Å²) in [6.07, 6.45) is 5.05. The second kappa shape index (κ2) is 8.43. The number of hydrogen-bond acceptors (Lipinski definition) is 2.